The maximum atomic E-state index is 5.55. The number of anilines is 2. The highest BCUT2D eigenvalue weighted by molar-refractivity contribution is 5.64. The second kappa shape index (κ2) is 18.3. The fourth-order valence-corrected chi connectivity index (χ4v) is 7.77. The first kappa shape index (κ1) is 40.6. The summed E-state index contributed by atoms with van der Waals surface area (Å²) in [4.78, 5) is 4.86. The van der Waals surface area contributed by atoms with Gasteiger partial charge in [0.2, 0.25) is 0 Å². The summed E-state index contributed by atoms with van der Waals surface area (Å²) in [5, 5.41) is 0. The second-order valence-corrected chi connectivity index (χ2v) is 14.1. The summed E-state index contributed by atoms with van der Waals surface area (Å²) < 4.78 is 26.6. The number of rotatable bonds is 11. The third kappa shape index (κ3) is 8.82. The molecule has 2 aliphatic rings. The van der Waals surface area contributed by atoms with E-state index < -0.39 is 0 Å². The van der Waals surface area contributed by atoms with Crippen LogP contribution >= 0.6 is 0 Å². The second-order valence-electron chi connectivity index (χ2n) is 14.1. The van der Waals surface area contributed by atoms with Crippen molar-refractivity contribution in [3.8, 4) is 34.1 Å². The molecule has 0 spiro atoms. The smallest absolute Gasteiger partial charge is 0.173 e. The Labute approximate surface area is 351 Å². The van der Waals surface area contributed by atoms with Crippen molar-refractivity contribution in [3.63, 3.8) is 0 Å². The Morgan fingerprint density at radius 1 is 0.446 bits per heavy atom. The van der Waals surface area contributed by atoms with E-state index in [0.29, 0.717) is 0 Å². The van der Waals surface area contributed by atoms with E-state index in [1.807, 2.05) is 0 Å². The highest BCUT2D eigenvalue weighted by Crippen LogP contribution is 2.36. The Morgan fingerprint density at radius 3 is 1.09 bits per heavy atom. The van der Waals surface area contributed by atoms with Gasteiger partial charge >= 0.3 is 0 Å². The molecule has 56 heavy (non-hydrogen) atoms. The van der Waals surface area contributed by atoms with Crippen LogP contribution in [0, 0.1) is 0 Å². The quantitative estimate of drug-likeness (QED) is 0.183. The van der Waals surface area contributed by atoms with Gasteiger partial charge in [0, 0.05) is 72.9 Å². The molecule has 0 unspecified atom stereocenters. The molecule has 0 amide bonds. The summed E-state index contributed by atoms with van der Waals surface area (Å²) in [7, 11) is 6.77. The van der Waals surface area contributed by atoms with Gasteiger partial charge in [-0.3, -0.25) is 0 Å². The predicted octanol–water partition coefficient (Wildman–Crippen LogP) is 1.19. The van der Waals surface area contributed by atoms with E-state index in [-0.39, 0.29) is 34.0 Å². The minimum absolute atomic E-state index is 0. The molecular formula is C46H48Br2N4O4. The van der Waals surface area contributed by atoms with Gasteiger partial charge in [-0.1, -0.05) is 48.5 Å². The van der Waals surface area contributed by atoms with Gasteiger partial charge in [0.05, 0.1) is 28.4 Å². The van der Waals surface area contributed by atoms with Gasteiger partial charge < -0.3 is 62.7 Å². The van der Waals surface area contributed by atoms with E-state index in [1.54, 1.807) is 28.4 Å². The molecule has 2 aromatic heterocycles. The number of hydrogen-bond donors (Lipinski definition) is 0. The zero-order valence-electron chi connectivity index (χ0n) is 32.4. The molecule has 0 radical (unpaired) electrons. The lowest BCUT2D eigenvalue weighted by molar-refractivity contribution is -0.688. The molecule has 2 aliphatic heterocycles. The zero-order valence-corrected chi connectivity index (χ0v) is 35.6. The maximum Gasteiger partial charge on any atom is 0.173 e. The first-order chi connectivity index (χ1) is 26.5. The Balaban J connectivity index is 0.00000266. The lowest BCUT2D eigenvalue weighted by Crippen LogP contribution is -3.00. The molecule has 0 N–H and O–H groups in total. The molecule has 6 aromatic rings. The van der Waals surface area contributed by atoms with E-state index in [2.05, 4.69) is 141 Å². The van der Waals surface area contributed by atoms with E-state index in [1.165, 1.54) is 55.9 Å². The van der Waals surface area contributed by atoms with Gasteiger partial charge in [0.1, 0.15) is 0 Å². The van der Waals surface area contributed by atoms with Crippen LogP contribution in [0.5, 0.6) is 23.0 Å². The summed E-state index contributed by atoms with van der Waals surface area (Å²) in [5.41, 5.74) is 12.7. The summed E-state index contributed by atoms with van der Waals surface area (Å²) in [6.07, 6.45) is 10.7. The molecule has 0 aliphatic carbocycles. The number of benzene rings is 4. The standard InChI is InChI=1S/C46H48N4O4.2BrH/c1-51-43-25-37-13-23-49(31-39(37)27-45(43)53-3)41-15-19-47(20-16-41)29-33-5-9-35(10-6-33)36-11-7-34(8-12-36)30-48-21-17-42(18-22-48)50-24-14-38-26-44(52-2)46(54-4)28-40(38)32-50;;/h5-12,15-22,25-28H,13-14,23-24,29-32H2,1-4H3;2*1H/q+2;;/p-2. The number of hydrogen-bond acceptors (Lipinski definition) is 6. The molecule has 4 heterocycles. The highest BCUT2D eigenvalue weighted by Gasteiger charge is 2.22. The normalized spacial score (nSPS) is 13.1. The van der Waals surface area contributed by atoms with Gasteiger partial charge in [-0.25, -0.2) is 9.13 Å². The molecule has 0 saturated heterocycles. The van der Waals surface area contributed by atoms with Gasteiger partial charge in [0.15, 0.2) is 60.9 Å². The molecule has 4 aromatic carbocycles. The lowest BCUT2D eigenvalue weighted by atomic mass is 9.98. The summed E-state index contributed by atoms with van der Waals surface area (Å²) in [6, 6.07) is 35.2. The monoisotopic (exact) mass is 878 g/mol. The Kier molecular flexibility index (Phi) is 13.2. The van der Waals surface area contributed by atoms with Crippen molar-refractivity contribution in [2.45, 2.75) is 39.0 Å². The Morgan fingerprint density at radius 2 is 0.768 bits per heavy atom. The zero-order chi connectivity index (χ0) is 37.0. The van der Waals surface area contributed by atoms with Crippen molar-refractivity contribution in [2.75, 3.05) is 51.3 Å². The summed E-state index contributed by atoms with van der Waals surface area (Å²) in [5.74, 6) is 3.17. The largest absolute Gasteiger partial charge is 1.00 e. The molecular weight excluding hydrogens is 832 g/mol. The molecule has 290 valence electrons. The number of pyridine rings is 2. The fourth-order valence-electron chi connectivity index (χ4n) is 7.77. The van der Waals surface area contributed by atoms with Crippen LogP contribution in [-0.2, 0) is 39.0 Å². The molecule has 8 rings (SSSR count). The van der Waals surface area contributed by atoms with Crippen LogP contribution in [-0.4, -0.2) is 41.5 Å². The van der Waals surface area contributed by atoms with Gasteiger partial charge in [0.25, 0.3) is 0 Å². The van der Waals surface area contributed by atoms with Crippen molar-refractivity contribution in [1.29, 1.82) is 0 Å². The first-order valence-corrected chi connectivity index (χ1v) is 18.6. The van der Waals surface area contributed by atoms with Crippen LogP contribution in [0.4, 0.5) is 11.4 Å². The van der Waals surface area contributed by atoms with Crippen LogP contribution in [0.3, 0.4) is 0 Å². The highest BCUT2D eigenvalue weighted by atomic mass is 79.9. The third-order valence-electron chi connectivity index (χ3n) is 10.9. The third-order valence-corrected chi connectivity index (χ3v) is 10.9. The van der Waals surface area contributed by atoms with Crippen LogP contribution in [0.1, 0.15) is 33.4 Å². The van der Waals surface area contributed by atoms with Crippen LogP contribution < -0.4 is 71.8 Å². The van der Waals surface area contributed by atoms with Crippen LogP contribution in [0.15, 0.2) is 122 Å². The topological polar surface area (TPSA) is 51.2 Å². The van der Waals surface area contributed by atoms with E-state index in [9.17, 15) is 0 Å². The molecule has 0 saturated carbocycles. The van der Waals surface area contributed by atoms with Crippen LogP contribution in [0.2, 0.25) is 0 Å². The van der Waals surface area contributed by atoms with Gasteiger partial charge in [-0.15, -0.1) is 0 Å². The number of aromatic nitrogens is 2. The predicted molar refractivity (Wildman–Crippen MR) is 212 cm³/mol. The average Bonchev–Trinajstić information content (AvgIpc) is 3.23. The summed E-state index contributed by atoms with van der Waals surface area (Å²) in [6.45, 7) is 5.32. The van der Waals surface area contributed by atoms with Crippen molar-refractivity contribution in [3.05, 3.63) is 155 Å². The van der Waals surface area contributed by atoms with E-state index in [0.717, 1.165) is 75.1 Å². The number of ether oxygens (including phenoxy) is 4. The number of methoxy groups -OCH3 is 4. The average molecular weight is 881 g/mol. The minimum atomic E-state index is 0. The van der Waals surface area contributed by atoms with Crippen LogP contribution in [0.25, 0.3) is 11.1 Å². The minimum Gasteiger partial charge on any atom is -1.00 e. The SMILES string of the molecule is COc1cc2c(cc1OC)CN(c1cc[n+](Cc3ccc(-c4ccc(C[n+]5ccc(N6CCc7cc(OC)c(OC)cc7C6)cc5)cc4)cc3)cc1)CC2.[Br-].[Br-]. The number of fused-ring (bicyclic) bond motifs is 2. The van der Waals surface area contributed by atoms with Gasteiger partial charge in [-0.05, 0) is 70.5 Å². The number of nitrogens with zero attached hydrogens (tertiary/aromatic N) is 4. The Hall–Kier alpha value is -5.06. The fraction of sp³-hybridized carbons (Fsp3) is 0.261. The maximum absolute atomic E-state index is 5.55. The number of halogens is 2. The van der Waals surface area contributed by atoms with E-state index in [4.69, 9.17) is 18.9 Å². The van der Waals surface area contributed by atoms with E-state index >= 15 is 0 Å². The van der Waals surface area contributed by atoms with Crippen molar-refractivity contribution in [1.82, 2.24) is 0 Å². The molecule has 0 bridgehead atoms. The molecule has 0 atom stereocenters. The van der Waals surface area contributed by atoms with Crippen molar-refractivity contribution >= 4 is 11.4 Å². The summed E-state index contributed by atoms with van der Waals surface area (Å²) >= 11 is 0. The van der Waals surface area contributed by atoms with Crippen molar-refractivity contribution in [2.24, 2.45) is 0 Å². The first-order valence-electron chi connectivity index (χ1n) is 18.6. The van der Waals surface area contributed by atoms with Crippen molar-refractivity contribution < 1.29 is 62.0 Å². The molecule has 8 nitrogen and oxygen atoms in total. The molecule has 10 heteroatoms. The lowest BCUT2D eigenvalue weighted by Gasteiger charge is -2.31. The van der Waals surface area contributed by atoms with Gasteiger partial charge in [-0.2, -0.15) is 0 Å². The molecule has 0 fully saturated rings. The Bertz CT molecular complexity index is 2070.